The number of amides is 1. The van der Waals surface area contributed by atoms with Gasteiger partial charge in [-0.3, -0.25) is 0 Å². The van der Waals surface area contributed by atoms with Crippen LogP contribution in [0.25, 0.3) is 10.3 Å². The van der Waals surface area contributed by atoms with Gasteiger partial charge in [0.2, 0.25) is 0 Å². The highest BCUT2D eigenvalue weighted by Crippen LogP contribution is 2.27. The predicted molar refractivity (Wildman–Crippen MR) is 73.0 cm³/mol. The number of hydrogen-bond acceptors (Lipinski definition) is 6. The molecule has 19 heavy (non-hydrogen) atoms. The number of nitrogens with zero attached hydrogens (tertiary/aromatic N) is 3. The Hall–Kier alpha value is -1.87. The summed E-state index contributed by atoms with van der Waals surface area (Å²) in [4.78, 5) is 15.2. The first-order valence-corrected chi connectivity index (χ1v) is 6.79. The van der Waals surface area contributed by atoms with Crippen molar-refractivity contribution < 1.29 is 9.21 Å². The maximum absolute atomic E-state index is 11.2. The average Bonchev–Trinajstić information content (AvgIpc) is 3.02. The molecule has 3 aromatic heterocycles. The standard InChI is InChI=1S/C10H7BrN5O2S/c11-5-1-2-18-6(5)3-13-8-7-9(14-4-19-7)16(15-8)10(12)17/h1-2H,3H2,(H2,12,17)(H,13,15). The first-order valence-electron chi connectivity index (χ1n) is 5.18. The summed E-state index contributed by atoms with van der Waals surface area (Å²) >= 11 is 4.62. The fourth-order valence-electron chi connectivity index (χ4n) is 1.58. The molecule has 7 nitrogen and oxygen atoms in total. The van der Waals surface area contributed by atoms with Crippen molar-refractivity contribution in [2.75, 3.05) is 5.32 Å². The van der Waals surface area contributed by atoms with Crippen molar-refractivity contribution in [3.8, 4) is 0 Å². The number of fused-ring (bicyclic) bond motifs is 1. The van der Waals surface area contributed by atoms with Crippen molar-refractivity contribution in [1.29, 1.82) is 0 Å². The molecule has 0 aliphatic heterocycles. The summed E-state index contributed by atoms with van der Waals surface area (Å²) in [5.41, 5.74) is 8.34. The number of hydrogen-bond donors (Lipinski definition) is 2. The number of thiazole rings is 1. The van der Waals surface area contributed by atoms with E-state index in [0.717, 1.165) is 19.6 Å². The SMILES string of the molecule is NC(=O)n1nc(NCc2occc2Br)c2s[c]nc21. The Labute approximate surface area is 119 Å². The van der Waals surface area contributed by atoms with Crippen molar-refractivity contribution in [2.24, 2.45) is 5.73 Å². The van der Waals surface area contributed by atoms with Crippen LogP contribution in [0, 0.1) is 5.51 Å². The summed E-state index contributed by atoms with van der Waals surface area (Å²) in [5.74, 6) is 1.26. The van der Waals surface area contributed by atoms with Crippen LogP contribution in [-0.2, 0) is 6.54 Å². The number of halogens is 1. The molecule has 0 aliphatic rings. The van der Waals surface area contributed by atoms with Crippen LogP contribution in [0.2, 0.25) is 0 Å². The molecular weight excluding hydrogens is 334 g/mol. The average molecular weight is 341 g/mol. The van der Waals surface area contributed by atoms with Crippen LogP contribution in [0.15, 0.2) is 21.2 Å². The fourth-order valence-corrected chi connectivity index (χ4v) is 2.58. The van der Waals surface area contributed by atoms with Gasteiger partial charge in [0.25, 0.3) is 0 Å². The molecule has 0 spiro atoms. The number of aromatic nitrogens is 3. The van der Waals surface area contributed by atoms with Gasteiger partial charge in [0.15, 0.2) is 17.0 Å². The van der Waals surface area contributed by atoms with E-state index in [1.165, 1.54) is 11.3 Å². The normalized spacial score (nSPS) is 11.0. The number of rotatable bonds is 3. The van der Waals surface area contributed by atoms with Crippen LogP contribution in [0.5, 0.6) is 0 Å². The second-order valence-electron chi connectivity index (χ2n) is 3.60. The number of nitrogens with two attached hydrogens (primary N) is 1. The van der Waals surface area contributed by atoms with Crippen LogP contribution < -0.4 is 11.1 Å². The Kier molecular flexibility index (Phi) is 2.99. The lowest BCUT2D eigenvalue weighted by Crippen LogP contribution is -2.21. The zero-order chi connectivity index (χ0) is 13.4. The van der Waals surface area contributed by atoms with E-state index in [1.54, 1.807) is 12.3 Å². The minimum Gasteiger partial charge on any atom is -0.466 e. The zero-order valence-electron chi connectivity index (χ0n) is 9.38. The molecule has 3 rings (SSSR count). The van der Waals surface area contributed by atoms with Crippen LogP contribution in [-0.4, -0.2) is 20.8 Å². The van der Waals surface area contributed by atoms with Gasteiger partial charge in [0.1, 0.15) is 10.5 Å². The minimum atomic E-state index is -0.684. The van der Waals surface area contributed by atoms with E-state index in [4.69, 9.17) is 10.2 Å². The summed E-state index contributed by atoms with van der Waals surface area (Å²) in [6, 6.07) is 1.12. The molecule has 0 aromatic carbocycles. The number of carbonyl (C=O) groups excluding carboxylic acids is 1. The number of furan rings is 1. The number of primary amides is 1. The maximum atomic E-state index is 11.2. The largest absolute Gasteiger partial charge is 0.466 e. The Morgan fingerprint density at radius 1 is 1.68 bits per heavy atom. The van der Waals surface area contributed by atoms with Crippen molar-refractivity contribution in [3.63, 3.8) is 0 Å². The second kappa shape index (κ2) is 4.67. The van der Waals surface area contributed by atoms with Gasteiger partial charge >= 0.3 is 6.03 Å². The van der Waals surface area contributed by atoms with E-state index >= 15 is 0 Å². The maximum Gasteiger partial charge on any atom is 0.341 e. The molecule has 1 radical (unpaired) electrons. The highest BCUT2D eigenvalue weighted by Gasteiger charge is 2.16. The Morgan fingerprint density at radius 2 is 2.53 bits per heavy atom. The molecule has 97 valence electrons. The number of nitrogens with one attached hydrogen (secondary N) is 1. The predicted octanol–water partition coefficient (Wildman–Crippen LogP) is 2.19. The van der Waals surface area contributed by atoms with Crippen molar-refractivity contribution in [2.45, 2.75) is 6.54 Å². The van der Waals surface area contributed by atoms with Gasteiger partial charge in [-0.1, -0.05) is 0 Å². The van der Waals surface area contributed by atoms with Gasteiger partial charge in [-0.2, -0.15) is 4.68 Å². The summed E-state index contributed by atoms with van der Waals surface area (Å²) in [6.45, 7) is 0.427. The summed E-state index contributed by atoms with van der Waals surface area (Å²) in [6.07, 6.45) is 1.58. The van der Waals surface area contributed by atoms with Gasteiger partial charge in [-0.25, -0.2) is 9.78 Å². The molecular formula is C10H7BrN5O2S. The highest BCUT2D eigenvalue weighted by atomic mass is 79.9. The molecule has 1 amide bonds. The minimum absolute atomic E-state index is 0.401. The molecule has 0 unspecified atom stereocenters. The Bertz CT molecular complexity index is 746. The number of anilines is 1. The fraction of sp³-hybridized carbons (Fsp3) is 0.100. The lowest BCUT2D eigenvalue weighted by molar-refractivity contribution is 0.248. The topological polar surface area (TPSA) is 99.0 Å². The summed E-state index contributed by atoms with van der Waals surface area (Å²) in [5, 5.41) is 7.16. The van der Waals surface area contributed by atoms with E-state index in [0.29, 0.717) is 18.0 Å². The Morgan fingerprint density at radius 3 is 3.21 bits per heavy atom. The second-order valence-corrected chi connectivity index (χ2v) is 5.25. The number of carbonyl (C=O) groups is 1. The van der Waals surface area contributed by atoms with Crippen molar-refractivity contribution >= 4 is 49.5 Å². The van der Waals surface area contributed by atoms with E-state index < -0.39 is 6.03 Å². The quantitative estimate of drug-likeness (QED) is 0.761. The van der Waals surface area contributed by atoms with Crippen LogP contribution in [0.1, 0.15) is 5.76 Å². The van der Waals surface area contributed by atoms with Gasteiger partial charge in [-0.15, -0.1) is 16.4 Å². The van der Waals surface area contributed by atoms with E-state index in [-0.39, 0.29) is 0 Å². The van der Waals surface area contributed by atoms with E-state index in [1.807, 2.05) is 0 Å². The van der Waals surface area contributed by atoms with Crippen LogP contribution in [0.4, 0.5) is 10.6 Å². The summed E-state index contributed by atoms with van der Waals surface area (Å²) in [7, 11) is 0. The molecule has 3 heterocycles. The van der Waals surface area contributed by atoms with Gasteiger partial charge in [-0.05, 0) is 22.0 Å². The molecule has 9 heteroatoms. The first kappa shape index (κ1) is 12.2. The monoisotopic (exact) mass is 340 g/mol. The zero-order valence-corrected chi connectivity index (χ0v) is 11.8. The third kappa shape index (κ3) is 2.10. The molecule has 0 saturated carbocycles. The van der Waals surface area contributed by atoms with Gasteiger partial charge in [0.05, 0.1) is 17.3 Å². The van der Waals surface area contributed by atoms with Crippen molar-refractivity contribution in [3.05, 3.63) is 28.1 Å². The van der Waals surface area contributed by atoms with E-state index in [9.17, 15) is 4.79 Å². The third-order valence-electron chi connectivity index (χ3n) is 2.43. The smallest absolute Gasteiger partial charge is 0.341 e. The van der Waals surface area contributed by atoms with Crippen molar-refractivity contribution in [1.82, 2.24) is 14.8 Å². The molecule has 0 aliphatic carbocycles. The molecule has 0 atom stereocenters. The van der Waals surface area contributed by atoms with Gasteiger partial charge in [0, 0.05) is 0 Å². The molecule has 3 N–H and O–H groups in total. The lowest BCUT2D eigenvalue weighted by Gasteiger charge is -2.00. The molecule has 0 saturated heterocycles. The third-order valence-corrected chi connectivity index (χ3v) is 3.90. The van der Waals surface area contributed by atoms with Crippen LogP contribution in [0.3, 0.4) is 0 Å². The lowest BCUT2D eigenvalue weighted by atomic mass is 10.4. The Balaban J connectivity index is 1.91. The molecule has 0 bridgehead atoms. The summed E-state index contributed by atoms with van der Waals surface area (Å²) < 4.78 is 7.91. The van der Waals surface area contributed by atoms with Crippen LogP contribution >= 0.6 is 27.3 Å². The van der Waals surface area contributed by atoms with Gasteiger partial charge < -0.3 is 15.5 Å². The first-order chi connectivity index (χ1) is 9.16. The molecule has 0 fully saturated rings. The highest BCUT2D eigenvalue weighted by molar-refractivity contribution is 9.10. The molecule has 3 aromatic rings. The van der Waals surface area contributed by atoms with E-state index in [2.05, 4.69) is 36.8 Å².